The predicted octanol–water partition coefficient (Wildman–Crippen LogP) is 2.27. The fourth-order valence-electron chi connectivity index (χ4n) is 3.24. The van der Waals surface area contributed by atoms with Crippen LogP contribution in [0.3, 0.4) is 0 Å². The largest absolute Gasteiger partial charge is 0.394 e. The summed E-state index contributed by atoms with van der Waals surface area (Å²) in [5.41, 5.74) is 1.49. The van der Waals surface area contributed by atoms with E-state index in [0.29, 0.717) is 24.5 Å². The number of aliphatic hydroxyl groups is 1. The first-order chi connectivity index (χ1) is 14.1. The summed E-state index contributed by atoms with van der Waals surface area (Å²) in [6, 6.07) is 0. The molecule has 0 bridgehead atoms. The number of aromatic nitrogens is 3. The van der Waals surface area contributed by atoms with Crippen LogP contribution in [-0.4, -0.2) is 70.4 Å². The summed E-state index contributed by atoms with van der Waals surface area (Å²) in [4.78, 5) is 15.1. The van der Waals surface area contributed by atoms with Crippen LogP contribution in [0.15, 0.2) is 30.2 Å². The molecule has 1 aliphatic heterocycles. The van der Waals surface area contributed by atoms with Crippen LogP contribution in [-0.2, 0) is 9.47 Å². The van der Waals surface area contributed by atoms with Crippen molar-refractivity contribution in [3.8, 4) is 11.8 Å². The van der Waals surface area contributed by atoms with Crippen molar-refractivity contribution < 1.29 is 14.6 Å². The van der Waals surface area contributed by atoms with Crippen LogP contribution in [0.5, 0.6) is 0 Å². The molecule has 1 fully saturated rings. The third kappa shape index (κ3) is 4.65. The number of fused-ring (bicyclic) bond motifs is 1. The lowest BCUT2D eigenvalue weighted by Crippen LogP contribution is -2.27. The van der Waals surface area contributed by atoms with Crippen molar-refractivity contribution in [1.29, 1.82) is 0 Å². The van der Waals surface area contributed by atoms with Crippen LogP contribution in [0, 0.1) is 11.8 Å². The van der Waals surface area contributed by atoms with E-state index in [-0.39, 0.29) is 18.9 Å². The fourth-order valence-corrected chi connectivity index (χ4v) is 3.24. The Hall–Kier alpha value is -2.73. The standard InChI is InChI=1S/C21H27N5O3/c1-5-7-8-15-11-26(18-10-16(28-9-6-2)17(12-27)29-18)21-19(15)20(22-13-23-21)24-14-25(3)4/h6,11,13-14,16-18,27H,2,5,9-10,12H2,1,3-4H3. The Labute approximate surface area is 170 Å². The number of hydrogen-bond donors (Lipinski definition) is 1. The molecule has 3 atom stereocenters. The van der Waals surface area contributed by atoms with Gasteiger partial charge in [0.25, 0.3) is 0 Å². The van der Waals surface area contributed by atoms with Crippen LogP contribution in [0.1, 0.15) is 31.6 Å². The monoisotopic (exact) mass is 397 g/mol. The Kier molecular flexibility index (Phi) is 6.99. The van der Waals surface area contributed by atoms with Gasteiger partial charge < -0.3 is 24.0 Å². The van der Waals surface area contributed by atoms with Crippen molar-refractivity contribution in [3.63, 3.8) is 0 Å². The summed E-state index contributed by atoms with van der Waals surface area (Å²) >= 11 is 0. The Balaban J connectivity index is 2.05. The van der Waals surface area contributed by atoms with E-state index >= 15 is 0 Å². The minimum atomic E-state index is -0.407. The predicted molar refractivity (Wildman–Crippen MR) is 112 cm³/mol. The van der Waals surface area contributed by atoms with Gasteiger partial charge in [0.2, 0.25) is 0 Å². The van der Waals surface area contributed by atoms with Crippen LogP contribution < -0.4 is 0 Å². The van der Waals surface area contributed by atoms with Gasteiger partial charge in [-0.25, -0.2) is 15.0 Å². The van der Waals surface area contributed by atoms with Crippen LogP contribution in [0.2, 0.25) is 0 Å². The smallest absolute Gasteiger partial charge is 0.167 e. The van der Waals surface area contributed by atoms with E-state index in [1.165, 1.54) is 6.33 Å². The maximum atomic E-state index is 9.69. The minimum Gasteiger partial charge on any atom is -0.394 e. The second kappa shape index (κ2) is 9.65. The van der Waals surface area contributed by atoms with Crippen molar-refractivity contribution in [2.45, 2.75) is 38.2 Å². The molecule has 154 valence electrons. The molecular weight excluding hydrogens is 370 g/mol. The van der Waals surface area contributed by atoms with E-state index in [9.17, 15) is 5.11 Å². The van der Waals surface area contributed by atoms with Gasteiger partial charge in [0, 0.05) is 33.1 Å². The van der Waals surface area contributed by atoms with Gasteiger partial charge in [0.1, 0.15) is 24.3 Å². The second-order valence-electron chi connectivity index (χ2n) is 6.92. The minimum absolute atomic E-state index is 0.118. The molecule has 1 N–H and O–H groups in total. The van der Waals surface area contributed by atoms with Gasteiger partial charge in [0.15, 0.2) is 5.82 Å². The number of nitrogens with zero attached hydrogens (tertiary/aromatic N) is 5. The number of aliphatic imine (C=N–C) groups is 1. The Bertz CT molecular complexity index is 941. The highest BCUT2D eigenvalue weighted by Gasteiger charge is 2.37. The van der Waals surface area contributed by atoms with Gasteiger partial charge in [-0.1, -0.05) is 24.8 Å². The number of ether oxygens (including phenoxy) is 2. The lowest BCUT2D eigenvalue weighted by Gasteiger charge is -2.15. The molecule has 0 radical (unpaired) electrons. The number of aliphatic hydroxyl groups excluding tert-OH is 1. The van der Waals surface area contributed by atoms with E-state index in [4.69, 9.17) is 9.47 Å². The zero-order chi connectivity index (χ0) is 20.8. The Morgan fingerprint density at radius 1 is 1.48 bits per heavy atom. The first kappa shape index (κ1) is 21.0. The second-order valence-corrected chi connectivity index (χ2v) is 6.92. The maximum absolute atomic E-state index is 9.69. The highest BCUT2D eigenvalue weighted by Crippen LogP contribution is 2.36. The van der Waals surface area contributed by atoms with Gasteiger partial charge in [-0.2, -0.15) is 0 Å². The number of rotatable bonds is 7. The lowest BCUT2D eigenvalue weighted by atomic mass is 10.2. The maximum Gasteiger partial charge on any atom is 0.167 e. The highest BCUT2D eigenvalue weighted by molar-refractivity contribution is 5.93. The van der Waals surface area contributed by atoms with E-state index in [2.05, 4.69) is 33.4 Å². The summed E-state index contributed by atoms with van der Waals surface area (Å²) in [5, 5.41) is 10.5. The Morgan fingerprint density at radius 2 is 2.31 bits per heavy atom. The van der Waals surface area contributed by atoms with E-state index in [1.54, 1.807) is 12.4 Å². The SMILES string of the molecule is C=CCOC1CC(n2cc(C#CCC)c3c(N=CN(C)C)ncnc32)OC1CO. The Morgan fingerprint density at radius 3 is 3.00 bits per heavy atom. The van der Waals surface area contributed by atoms with Gasteiger partial charge in [-0.05, 0) is 0 Å². The zero-order valence-electron chi connectivity index (χ0n) is 17.1. The zero-order valence-corrected chi connectivity index (χ0v) is 17.1. The molecule has 0 amide bonds. The molecule has 2 aromatic heterocycles. The van der Waals surface area contributed by atoms with E-state index in [0.717, 1.165) is 17.4 Å². The van der Waals surface area contributed by atoms with Crippen molar-refractivity contribution in [3.05, 3.63) is 30.7 Å². The summed E-state index contributed by atoms with van der Waals surface area (Å²) in [6.45, 7) is 5.97. The molecule has 3 rings (SSSR count). The van der Waals surface area contributed by atoms with Crippen molar-refractivity contribution >= 4 is 23.2 Å². The molecule has 8 nitrogen and oxygen atoms in total. The average Bonchev–Trinajstić information content (AvgIpc) is 3.30. The molecule has 0 aliphatic carbocycles. The molecule has 0 spiro atoms. The molecule has 3 heterocycles. The number of hydrogen-bond acceptors (Lipinski definition) is 6. The van der Waals surface area contributed by atoms with Crippen LogP contribution in [0.4, 0.5) is 5.82 Å². The third-order valence-corrected chi connectivity index (χ3v) is 4.50. The molecular formula is C21H27N5O3. The average molecular weight is 397 g/mol. The van der Waals surface area contributed by atoms with Gasteiger partial charge >= 0.3 is 0 Å². The van der Waals surface area contributed by atoms with Gasteiger partial charge in [0.05, 0.1) is 36.6 Å². The third-order valence-electron chi connectivity index (χ3n) is 4.50. The summed E-state index contributed by atoms with van der Waals surface area (Å²) in [6.07, 6.45) is 7.16. The van der Waals surface area contributed by atoms with Gasteiger partial charge in [-0.3, -0.25) is 0 Å². The summed E-state index contributed by atoms with van der Waals surface area (Å²) in [7, 11) is 3.80. The topological polar surface area (TPSA) is 85.0 Å². The highest BCUT2D eigenvalue weighted by atomic mass is 16.6. The molecule has 0 saturated carbocycles. The molecule has 29 heavy (non-hydrogen) atoms. The van der Waals surface area contributed by atoms with Crippen molar-refractivity contribution in [2.75, 3.05) is 27.3 Å². The van der Waals surface area contributed by atoms with Crippen molar-refractivity contribution in [1.82, 2.24) is 19.4 Å². The molecule has 0 aromatic carbocycles. The van der Waals surface area contributed by atoms with Crippen molar-refractivity contribution in [2.24, 2.45) is 4.99 Å². The summed E-state index contributed by atoms with van der Waals surface area (Å²) in [5.74, 6) is 6.86. The van der Waals surface area contributed by atoms with Gasteiger partial charge in [-0.15, -0.1) is 6.58 Å². The summed E-state index contributed by atoms with van der Waals surface area (Å²) < 4.78 is 13.8. The first-order valence-electron chi connectivity index (χ1n) is 9.62. The normalized spacial score (nSPS) is 21.4. The quantitative estimate of drug-likeness (QED) is 0.334. The lowest BCUT2D eigenvalue weighted by molar-refractivity contribution is -0.0560. The van der Waals surface area contributed by atoms with E-state index in [1.807, 2.05) is 36.7 Å². The van der Waals surface area contributed by atoms with Crippen LogP contribution >= 0.6 is 0 Å². The molecule has 2 aromatic rings. The molecule has 8 heteroatoms. The molecule has 3 unspecified atom stereocenters. The molecule has 1 saturated heterocycles. The first-order valence-corrected chi connectivity index (χ1v) is 9.62. The molecule has 1 aliphatic rings. The van der Waals surface area contributed by atoms with Crippen LogP contribution in [0.25, 0.3) is 11.0 Å². The van der Waals surface area contributed by atoms with E-state index < -0.39 is 6.10 Å². The fraction of sp³-hybridized carbons (Fsp3) is 0.476.